The first kappa shape index (κ1) is 18.9. The molecule has 0 amide bonds. The van der Waals surface area contributed by atoms with Crippen molar-refractivity contribution in [2.45, 2.75) is 24.7 Å². The van der Waals surface area contributed by atoms with Crippen LogP contribution in [0.2, 0.25) is 0 Å². The number of benzene rings is 1. The zero-order valence-corrected chi connectivity index (χ0v) is 13.8. The number of aromatic nitrogens is 2. The van der Waals surface area contributed by atoms with Crippen LogP contribution in [0.15, 0.2) is 46.1 Å². The van der Waals surface area contributed by atoms with E-state index < -0.39 is 22.1 Å². The standard InChI is InChI=1S/C14H14F3N3O4S/c1-10-2-7-13(21)20(19-10)9-8-18-25(22,23)12-5-3-11(4-6-12)24-14(15,16)17/h2-7,18H,8-9H2,1H3. The Labute approximate surface area is 141 Å². The summed E-state index contributed by atoms with van der Waals surface area (Å²) in [6.45, 7) is 1.58. The molecule has 0 saturated carbocycles. The highest BCUT2D eigenvalue weighted by Crippen LogP contribution is 2.23. The molecule has 0 saturated heterocycles. The number of rotatable bonds is 6. The molecule has 1 aromatic carbocycles. The van der Waals surface area contributed by atoms with Gasteiger partial charge in [0.25, 0.3) is 5.56 Å². The predicted molar refractivity (Wildman–Crippen MR) is 81.5 cm³/mol. The second-order valence-electron chi connectivity index (χ2n) is 4.95. The lowest BCUT2D eigenvalue weighted by atomic mass is 10.3. The number of alkyl halides is 3. The molecule has 0 radical (unpaired) electrons. The summed E-state index contributed by atoms with van der Waals surface area (Å²) in [5.74, 6) is -0.526. The van der Waals surface area contributed by atoms with Crippen molar-refractivity contribution in [2.75, 3.05) is 6.54 Å². The zero-order chi connectivity index (χ0) is 18.7. The van der Waals surface area contributed by atoms with Crippen molar-refractivity contribution in [2.24, 2.45) is 0 Å². The van der Waals surface area contributed by atoms with Gasteiger partial charge in [0, 0.05) is 12.6 Å². The molecule has 0 bridgehead atoms. The Kier molecular flexibility index (Phi) is 5.48. The third-order valence-corrected chi connectivity index (χ3v) is 4.46. The van der Waals surface area contributed by atoms with Gasteiger partial charge in [0.15, 0.2) is 0 Å². The predicted octanol–water partition coefficient (Wildman–Crippen LogP) is 1.43. The van der Waals surface area contributed by atoms with Gasteiger partial charge >= 0.3 is 6.36 Å². The van der Waals surface area contributed by atoms with E-state index in [9.17, 15) is 26.4 Å². The quantitative estimate of drug-likeness (QED) is 0.823. The molecule has 0 spiro atoms. The van der Waals surface area contributed by atoms with Crippen LogP contribution >= 0.6 is 0 Å². The van der Waals surface area contributed by atoms with E-state index in [1.54, 1.807) is 6.92 Å². The maximum Gasteiger partial charge on any atom is 0.573 e. The van der Waals surface area contributed by atoms with Gasteiger partial charge in [0.05, 0.1) is 17.1 Å². The van der Waals surface area contributed by atoms with Crippen LogP contribution in [-0.2, 0) is 16.6 Å². The van der Waals surface area contributed by atoms with Crippen molar-refractivity contribution in [3.8, 4) is 5.75 Å². The van der Waals surface area contributed by atoms with Gasteiger partial charge < -0.3 is 4.74 Å². The van der Waals surface area contributed by atoms with Crippen LogP contribution in [0.1, 0.15) is 5.69 Å². The first-order valence-electron chi connectivity index (χ1n) is 6.97. The molecule has 2 aromatic rings. The summed E-state index contributed by atoms with van der Waals surface area (Å²) < 4.78 is 67.4. The maximum absolute atomic E-state index is 12.1. The first-order valence-corrected chi connectivity index (χ1v) is 8.45. The molecule has 1 N–H and O–H groups in total. The fraction of sp³-hybridized carbons (Fsp3) is 0.286. The third kappa shape index (κ3) is 5.57. The number of halogens is 3. The molecule has 0 fully saturated rings. The molecule has 136 valence electrons. The van der Waals surface area contributed by atoms with Gasteiger partial charge in [-0.25, -0.2) is 17.8 Å². The minimum absolute atomic E-state index is 0.00894. The minimum Gasteiger partial charge on any atom is -0.406 e. The van der Waals surface area contributed by atoms with E-state index in [0.717, 1.165) is 28.9 Å². The largest absolute Gasteiger partial charge is 0.573 e. The molecule has 0 aliphatic carbocycles. The Morgan fingerprint density at radius 3 is 2.40 bits per heavy atom. The van der Waals surface area contributed by atoms with Crippen molar-refractivity contribution in [1.82, 2.24) is 14.5 Å². The van der Waals surface area contributed by atoms with Crippen LogP contribution in [0.4, 0.5) is 13.2 Å². The smallest absolute Gasteiger partial charge is 0.406 e. The molecule has 0 aliphatic rings. The number of sulfonamides is 1. The number of nitrogens with one attached hydrogen (secondary N) is 1. The monoisotopic (exact) mass is 377 g/mol. The fourth-order valence-electron chi connectivity index (χ4n) is 1.90. The highest BCUT2D eigenvalue weighted by molar-refractivity contribution is 7.89. The number of aryl methyl sites for hydroxylation is 1. The fourth-order valence-corrected chi connectivity index (χ4v) is 2.92. The summed E-state index contributed by atoms with van der Waals surface area (Å²) in [6.07, 6.45) is -4.85. The first-order chi connectivity index (χ1) is 11.6. The van der Waals surface area contributed by atoms with Crippen molar-refractivity contribution in [3.63, 3.8) is 0 Å². The summed E-state index contributed by atoms with van der Waals surface area (Å²) in [5.41, 5.74) is 0.223. The maximum atomic E-state index is 12.1. The molecular weight excluding hydrogens is 363 g/mol. The van der Waals surface area contributed by atoms with Crippen molar-refractivity contribution in [3.05, 3.63) is 52.4 Å². The van der Waals surface area contributed by atoms with Crippen molar-refractivity contribution in [1.29, 1.82) is 0 Å². The average molecular weight is 377 g/mol. The van der Waals surface area contributed by atoms with E-state index in [0.29, 0.717) is 5.69 Å². The number of hydrogen-bond acceptors (Lipinski definition) is 5. The molecule has 0 atom stereocenters. The summed E-state index contributed by atoms with van der Waals surface area (Å²) >= 11 is 0. The van der Waals surface area contributed by atoms with E-state index in [1.165, 1.54) is 12.1 Å². The van der Waals surface area contributed by atoms with Gasteiger partial charge in [-0.15, -0.1) is 13.2 Å². The lowest BCUT2D eigenvalue weighted by Crippen LogP contribution is -2.32. The summed E-state index contributed by atoms with van der Waals surface area (Å²) in [5, 5.41) is 3.96. The zero-order valence-electron chi connectivity index (χ0n) is 12.9. The Hall–Kier alpha value is -2.40. The number of hydrogen-bond donors (Lipinski definition) is 1. The van der Waals surface area contributed by atoms with Gasteiger partial charge in [-0.1, -0.05) is 0 Å². The van der Waals surface area contributed by atoms with Crippen LogP contribution in [-0.4, -0.2) is 31.1 Å². The Bertz CT molecular complexity index is 893. The van der Waals surface area contributed by atoms with E-state index in [4.69, 9.17) is 0 Å². The molecule has 2 rings (SSSR count). The number of ether oxygens (including phenoxy) is 1. The van der Waals surface area contributed by atoms with E-state index >= 15 is 0 Å². The molecule has 11 heteroatoms. The summed E-state index contributed by atoms with van der Waals surface area (Å²) in [7, 11) is -3.94. The average Bonchev–Trinajstić information content (AvgIpc) is 2.49. The van der Waals surface area contributed by atoms with Crippen molar-refractivity contribution < 1.29 is 26.3 Å². The highest BCUT2D eigenvalue weighted by Gasteiger charge is 2.31. The topological polar surface area (TPSA) is 90.3 Å². The van der Waals surface area contributed by atoms with Gasteiger partial charge in [-0.2, -0.15) is 5.10 Å². The second-order valence-corrected chi connectivity index (χ2v) is 6.72. The van der Waals surface area contributed by atoms with E-state index in [-0.39, 0.29) is 23.5 Å². The molecule has 1 heterocycles. The van der Waals surface area contributed by atoms with Crippen LogP contribution in [0.3, 0.4) is 0 Å². The van der Waals surface area contributed by atoms with Gasteiger partial charge in [0.2, 0.25) is 10.0 Å². The van der Waals surface area contributed by atoms with Crippen LogP contribution in [0.25, 0.3) is 0 Å². The molecule has 7 nitrogen and oxygen atoms in total. The lowest BCUT2D eigenvalue weighted by molar-refractivity contribution is -0.274. The van der Waals surface area contributed by atoms with Crippen molar-refractivity contribution >= 4 is 10.0 Å². The SMILES string of the molecule is Cc1ccc(=O)n(CCNS(=O)(=O)c2ccc(OC(F)(F)F)cc2)n1. The number of nitrogens with zero attached hydrogens (tertiary/aromatic N) is 2. The van der Waals surface area contributed by atoms with E-state index in [2.05, 4.69) is 14.6 Å². The Morgan fingerprint density at radius 2 is 1.80 bits per heavy atom. The third-order valence-electron chi connectivity index (χ3n) is 2.98. The Balaban J connectivity index is 2.01. The molecular formula is C14H14F3N3O4S. The minimum atomic E-state index is -4.85. The summed E-state index contributed by atoms with van der Waals surface area (Å²) in [4.78, 5) is 11.3. The van der Waals surface area contributed by atoms with E-state index in [1.807, 2.05) is 0 Å². The molecule has 25 heavy (non-hydrogen) atoms. The highest BCUT2D eigenvalue weighted by atomic mass is 32.2. The van der Waals surface area contributed by atoms with Gasteiger partial charge in [0.1, 0.15) is 5.75 Å². The van der Waals surface area contributed by atoms with Crippen LogP contribution < -0.4 is 15.0 Å². The Morgan fingerprint density at radius 1 is 1.16 bits per heavy atom. The van der Waals surface area contributed by atoms with Crippen LogP contribution in [0, 0.1) is 6.92 Å². The normalized spacial score (nSPS) is 12.2. The lowest BCUT2D eigenvalue weighted by Gasteiger charge is -2.10. The molecule has 0 aliphatic heterocycles. The van der Waals surface area contributed by atoms with Crippen LogP contribution in [0.5, 0.6) is 5.75 Å². The second kappa shape index (κ2) is 7.23. The van der Waals surface area contributed by atoms with Gasteiger partial charge in [-0.05, 0) is 37.3 Å². The molecule has 1 aromatic heterocycles. The van der Waals surface area contributed by atoms with Gasteiger partial charge in [-0.3, -0.25) is 4.79 Å². The summed E-state index contributed by atoms with van der Waals surface area (Å²) in [6, 6.07) is 6.62. The molecule has 0 unspecified atom stereocenters.